The highest BCUT2D eigenvalue weighted by Crippen LogP contribution is 2.30. The van der Waals surface area contributed by atoms with E-state index in [0.29, 0.717) is 16.8 Å². The van der Waals surface area contributed by atoms with Gasteiger partial charge in [-0.05, 0) is 72.7 Å². The predicted molar refractivity (Wildman–Crippen MR) is 134 cm³/mol. The van der Waals surface area contributed by atoms with Gasteiger partial charge in [0.05, 0.1) is 5.56 Å². The Labute approximate surface area is 195 Å². The van der Waals surface area contributed by atoms with Crippen molar-refractivity contribution in [1.29, 1.82) is 0 Å². The Bertz CT molecular complexity index is 1170. The molecular formula is C28H31N3O2. The van der Waals surface area contributed by atoms with Gasteiger partial charge in [0.15, 0.2) is 0 Å². The topological polar surface area (TPSA) is 52.7 Å². The summed E-state index contributed by atoms with van der Waals surface area (Å²) in [5.41, 5.74) is 2.95. The Morgan fingerprint density at radius 3 is 2.33 bits per heavy atom. The average molecular weight is 442 g/mol. The second kappa shape index (κ2) is 9.26. The lowest BCUT2D eigenvalue weighted by Gasteiger charge is -2.34. The number of piperidine rings is 1. The smallest absolute Gasteiger partial charge is 0.256 e. The van der Waals surface area contributed by atoms with Gasteiger partial charge in [-0.25, -0.2) is 0 Å². The van der Waals surface area contributed by atoms with Crippen LogP contribution >= 0.6 is 0 Å². The fraction of sp³-hybridized carbons (Fsp3) is 0.357. The van der Waals surface area contributed by atoms with E-state index < -0.39 is 0 Å². The van der Waals surface area contributed by atoms with E-state index in [-0.39, 0.29) is 11.8 Å². The van der Waals surface area contributed by atoms with Crippen molar-refractivity contribution in [2.24, 2.45) is 5.92 Å². The summed E-state index contributed by atoms with van der Waals surface area (Å²) in [6, 6.07) is 19.5. The third-order valence-electron chi connectivity index (χ3n) is 7.01. The molecule has 1 N–H and O–H groups in total. The van der Waals surface area contributed by atoms with Gasteiger partial charge in [-0.3, -0.25) is 9.59 Å². The molecule has 5 rings (SSSR count). The maximum atomic E-state index is 13.4. The highest BCUT2D eigenvalue weighted by atomic mass is 16.2. The molecule has 33 heavy (non-hydrogen) atoms. The lowest BCUT2D eigenvalue weighted by atomic mass is 9.97. The first kappa shape index (κ1) is 21.5. The molecular weight excluding hydrogens is 410 g/mol. The van der Waals surface area contributed by atoms with Crippen molar-refractivity contribution in [1.82, 2.24) is 4.90 Å². The first-order valence-corrected chi connectivity index (χ1v) is 12.1. The largest absolute Gasteiger partial charge is 0.371 e. The number of hydrogen-bond acceptors (Lipinski definition) is 3. The Morgan fingerprint density at radius 2 is 1.58 bits per heavy atom. The number of carbonyl (C=O) groups excluding carboxylic acids is 2. The molecule has 2 aliphatic heterocycles. The molecule has 0 unspecified atom stereocenters. The summed E-state index contributed by atoms with van der Waals surface area (Å²) in [7, 11) is 0. The summed E-state index contributed by atoms with van der Waals surface area (Å²) >= 11 is 0. The van der Waals surface area contributed by atoms with E-state index in [1.54, 1.807) is 0 Å². The summed E-state index contributed by atoms with van der Waals surface area (Å²) in [6.07, 6.45) is 4.39. The van der Waals surface area contributed by atoms with E-state index in [1.807, 2.05) is 65.6 Å². The van der Waals surface area contributed by atoms with E-state index in [9.17, 15) is 9.59 Å². The van der Waals surface area contributed by atoms with Crippen LogP contribution in [0, 0.1) is 5.92 Å². The minimum Gasteiger partial charge on any atom is -0.371 e. The van der Waals surface area contributed by atoms with E-state index in [0.717, 1.165) is 74.2 Å². The number of amides is 2. The number of hydrogen-bond donors (Lipinski definition) is 1. The molecule has 0 atom stereocenters. The summed E-state index contributed by atoms with van der Waals surface area (Å²) in [5.74, 6) is 0.627. The third kappa shape index (κ3) is 4.58. The molecule has 2 aliphatic rings. The maximum absolute atomic E-state index is 13.4. The van der Waals surface area contributed by atoms with Gasteiger partial charge < -0.3 is 15.1 Å². The van der Waals surface area contributed by atoms with Gasteiger partial charge in [0.25, 0.3) is 11.8 Å². The molecule has 0 radical (unpaired) electrons. The van der Waals surface area contributed by atoms with Gasteiger partial charge in [-0.15, -0.1) is 0 Å². The Kier molecular flexibility index (Phi) is 6.03. The van der Waals surface area contributed by atoms with E-state index in [2.05, 4.69) is 17.1 Å². The predicted octanol–water partition coefficient (Wildman–Crippen LogP) is 5.56. The van der Waals surface area contributed by atoms with Crippen molar-refractivity contribution >= 4 is 34.0 Å². The lowest BCUT2D eigenvalue weighted by Crippen LogP contribution is -2.35. The van der Waals surface area contributed by atoms with Crippen LogP contribution in [0.25, 0.3) is 10.8 Å². The molecule has 3 aromatic rings. The quantitative estimate of drug-likeness (QED) is 0.576. The fourth-order valence-electron chi connectivity index (χ4n) is 4.93. The molecule has 5 heteroatoms. The van der Waals surface area contributed by atoms with Crippen molar-refractivity contribution in [2.45, 2.75) is 32.6 Å². The molecule has 0 aromatic heterocycles. The highest BCUT2D eigenvalue weighted by Gasteiger charge is 2.26. The molecule has 0 aliphatic carbocycles. The van der Waals surface area contributed by atoms with Crippen LogP contribution in [0.5, 0.6) is 0 Å². The van der Waals surface area contributed by atoms with Crippen LogP contribution in [0.2, 0.25) is 0 Å². The molecule has 2 saturated heterocycles. The van der Waals surface area contributed by atoms with Gasteiger partial charge in [0, 0.05) is 43.1 Å². The molecule has 0 saturated carbocycles. The molecule has 0 bridgehead atoms. The van der Waals surface area contributed by atoms with Gasteiger partial charge >= 0.3 is 0 Å². The molecule has 5 nitrogen and oxygen atoms in total. The Morgan fingerprint density at radius 1 is 0.848 bits per heavy atom. The van der Waals surface area contributed by atoms with Crippen LogP contribution in [0.4, 0.5) is 11.4 Å². The zero-order valence-electron chi connectivity index (χ0n) is 19.2. The summed E-state index contributed by atoms with van der Waals surface area (Å²) in [4.78, 5) is 30.7. The lowest BCUT2D eigenvalue weighted by molar-refractivity contribution is 0.0793. The van der Waals surface area contributed by atoms with Gasteiger partial charge in [-0.2, -0.15) is 0 Å². The minimum atomic E-state index is -0.167. The van der Waals surface area contributed by atoms with E-state index in [1.165, 1.54) is 0 Å². The first-order valence-electron chi connectivity index (χ1n) is 12.1. The van der Waals surface area contributed by atoms with Crippen LogP contribution < -0.4 is 10.2 Å². The molecule has 2 heterocycles. The normalized spacial score (nSPS) is 16.9. The van der Waals surface area contributed by atoms with Crippen molar-refractivity contribution in [3.63, 3.8) is 0 Å². The van der Waals surface area contributed by atoms with Crippen molar-refractivity contribution in [3.8, 4) is 0 Å². The number of nitrogens with zero attached hydrogens (tertiary/aromatic N) is 2. The Balaban J connectivity index is 1.42. The van der Waals surface area contributed by atoms with E-state index in [4.69, 9.17) is 0 Å². The van der Waals surface area contributed by atoms with Crippen LogP contribution in [-0.4, -0.2) is 42.9 Å². The molecule has 0 spiro atoms. The SMILES string of the molecule is CC1CCN(c2ccc(NC(=O)c3ccc4ccccc4c3)cc2C(=O)N2CCCC2)CC1. The molecule has 2 amide bonds. The fourth-order valence-corrected chi connectivity index (χ4v) is 4.93. The number of anilines is 2. The number of likely N-dealkylation sites (tertiary alicyclic amines) is 1. The molecule has 3 aromatic carbocycles. The van der Waals surface area contributed by atoms with E-state index >= 15 is 0 Å². The van der Waals surface area contributed by atoms with Crippen LogP contribution in [0.15, 0.2) is 60.7 Å². The second-order valence-electron chi connectivity index (χ2n) is 9.42. The second-order valence-corrected chi connectivity index (χ2v) is 9.42. The number of fused-ring (bicyclic) bond motifs is 1. The monoisotopic (exact) mass is 441 g/mol. The van der Waals surface area contributed by atoms with Crippen LogP contribution in [0.3, 0.4) is 0 Å². The zero-order chi connectivity index (χ0) is 22.8. The standard InChI is InChI=1S/C28H31N3O2/c1-20-12-16-30(17-13-20)26-11-10-24(19-25(26)28(33)31-14-4-5-15-31)29-27(32)23-9-8-21-6-2-3-7-22(21)18-23/h2-3,6-11,18-20H,4-5,12-17H2,1H3,(H,29,32). The number of benzene rings is 3. The van der Waals surface area contributed by atoms with Gasteiger partial charge in [0.1, 0.15) is 0 Å². The molecule has 2 fully saturated rings. The van der Waals surface area contributed by atoms with Crippen molar-refractivity contribution in [3.05, 3.63) is 71.8 Å². The van der Waals surface area contributed by atoms with Crippen LogP contribution in [0.1, 0.15) is 53.3 Å². The number of carbonyl (C=O) groups is 2. The number of nitrogens with one attached hydrogen (secondary N) is 1. The van der Waals surface area contributed by atoms with Gasteiger partial charge in [-0.1, -0.05) is 37.3 Å². The summed E-state index contributed by atoms with van der Waals surface area (Å²) < 4.78 is 0. The van der Waals surface area contributed by atoms with Gasteiger partial charge in [0.2, 0.25) is 0 Å². The first-order chi connectivity index (χ1) is 16.1. The van der Waals surface area contributed by atoms with Crippen molar-refractivity contribution in [2.75, 3.05) is 36.4 Å². The summed E-state index contributed by atoms with van der Waals surface area (Å²) in [5, 5.41) is 5.15. The molecule has 170 valence electrons. The maximum Gasteiger partial charge on any atom is 0.256 e. The average Bonchev–Trinajstić information content (AvgIpc) is 3.39. The minimum absolute atomic E-state index is 0.0722. The highest BCUT2D eigenvalue weighted by molar-refractivity contribution is 6.08. The van der Waals surface area contributed by atoms with Crippen molar-refractivity contribution < 1.29 is 9.59 Å². The third-order valence-corrected chi connectivity index (χ3v) is 7.01. The Hall–Kier alpha value is -3.34. The summed E-state index contributed by atoms with van der Waals surface area (Å²) in [6.45, 7) is 5.83. The zero-order valence-corrected chi connectivity index (χ0v) is 19.2. The van der Waals surface area contributed by atoms with Crippen LogP contribution in [-0.2, 0) is 0 Å². The number of rotatable bonds is 4.